The first kappa shape index (κ1) is 15.8. The Morgan fingerprint density at radius 1 is 1.05 bits per heavy atom. The van der Waals surface area contributed by atoms with Gasteiger partial charge in [0.15, 0.2) is 0 Å². The smallest absolute Gasteiger partial charge is 0.119 e. The van der Waals surface area contributed by atoms with E-state index in [-0.39, 0.29) is 11.6 Å². The van der Waals surface area contributed by atoms with Gasteiger partial charge in [-0.15, -0.1) is 0 Å². The third-order valence-electron chi connectivity index (χ3n) is 3.68. The lowest BCUT2D eigenvalue weighted by Gasteiger charge is -2.30. The van der Waals surface area contributed by atoms with Crippen LogP contribution in [0.15, 0.2) is 36.4 Å². The van der Waals surface area contributed by atoms with E-state index in [1.165, 1.54) is 16.3 Å². The highest BCUT2D eigenvalue weighted by Gasteiger charge is 2.20. The fraction of sp³-hybridized carbons (Fsp3) is 0.444. The van der Waals surface area contributed by atoms with Crippen molar-refractivity contribution in [2.75, 3.05) is 20.8 Å². The fourth-order valence-electron chi connectivity index (χ4n) is 2.71. The molecule has 0 aromatic heterocycles. The van der Waals surface area contributed by atoms with Gasteiger partial charge in [0.2, 0.25) is 0 Å². The summed E-state index contributed by atoms with van der Waals surface area (Å²) in [5, 5.41) is 6.04. The second kappa shape index (κ2) is 6.46. The van der Waals surface area contributed by atoms with Crippen LogP contribution in [0.3, 0.4) is 0 Å². The lowest BCUT2D eigenvalue weighted by Crippen LogP contribution is -2.44. The molecule has 21 heavy (non-hydrogen) atoms. The van der Waals surface area contributed by atoms with Crippen molar-refractivity contribution in [3.63, 3.8) is 0 Å². The standard InChI is InChI=1S/C18H25NO2/c1-13(19-18(2,3)12-20-4)14-6-7-16-11-17(21-5)9-8-15(16)10-14/h6-11,13,19H,12H2,1-5H3. The van der Waals surface area contributed by atoms with E-state index in [1.54, 1.807) is 14.2 Å². The third kappa shape index (κ3) is 3.96. The average molecular weight is 287 g/mol. The molecule has 3 heteroatoms. The summed E-state index contributed by atoms with van der Waals surface area (Å²) in [5.41, 5.74) is 1.22. The summed E-state index contributed by atoms with van der Waals surface area (Å²) >= 11 is 0. The van der Waals surface area contributed by atoms with Crippen LogP contribution in [0.2, 0.25) is 0 Å². The van der Waals surface area contributed by atoms with E-state index in [2.05, 4.69) is 56.4 Å². The molecule has 1 N–H and O–H groups in total. The summed E-state index contributed by atoms with van der Waals surface area (Å²) in [6, 6.07) is 13.0. The summed E-state index contributed by atoms with van der Waals surface area (Å²) in [4.78, 5) is 0. The van der Waals surface area contributed by atoms with E-state index in [9.17, 15) is 0 Å². The van der Waals surface area contributed by atoms with Gasteiger partial charge in [0.05, 0.1) is 13.7 Å². The zero-order valence-electron chi connectivity index (χ0n) is 13.6. The maximum Gasteiger partial charge on any atom is 0.119 e. The van der Waals surface area contributed by atoms with E-state index in [4.69, 9.17) is 9.47 Å². The molecule has 0 aliphatic rings. The number of hydrogen-bond donors (Lipinski definition) is 1. The maximum atomic E-state index is 5.27. The Hall–Kier alpha value is -1.58. The van der Waals surface area contributed by atoms with Crippen molar-refractivity contribution >= 4 is 10.8 Å². The molecule has 0 amide bonds. The summed E-state index contributed by atoms with van der Waals surface area (Å²) < 4.78 is 10.5. The molecule has 0 radical (unpaired) electrons. The van der Waals surface area contributed by atoms with Crippen molar-refractivity contribution in [1.82, 2.24) is 5.32 Å². The van der Waals surface area contributed by atoms with Crippen molar-refractivity contribution in [2.24, 2.45) is 0 Å². The Morgan fingerprint density at radius 2 is 1.71 bits per heavy atom. The van der Waals surface area contributed by atoms with Crippen LogP contribution in [0, 0.1) is 0 Å². The highest BCUT2D eigenvalue weighted by Crippen LogP contribution is 2.25. The summed E-state index contributed by atoms with van der Waals surface area (Å²) in [6.07, 6.45) is 0. The van der Waals surface area contributed by atoms with Crippen LogP contribution in [0.25, 0.3) is 10.8 Å². The highest BCUT2D eigenvalue weighted by atomic mass is 16.5. The van der Waals surface area contributed by atoms with Crippen molar-refractivity contribution < 1.29 is 9.47 Å². The van der Waals surface area contributed by atoms with E-state index in [0.717, 1.165) is 5.75 Å². The highest BCUT2D eigenvalue weighted by molar-refractivity contribution is 5.84. The van der Waals surface area contributed by atoms with Crippen LogP contribution in [0.5, 0.6) is 5.75 Å². The van der Waals surface area contributed by atoms with Crippen LogP contribution >= 0.6 is 0 Å². The van der Waals surface area contributed by atoms with Crippen molar-refractivity contribution in [3.05, 3.63) is 42.0 Å². The van der Waals surface area contributed by atoms with Gasteiger partial charge in [0.1, 0.15) is 5.75 Å². The van der Waals surface area contributed by atoms with E-state index in [0.29, 0.717) is 6.61 Å². The van der Waals surface area contributed by atoms with Gasteiger partial charge in [-0.3, -0.25) is 0 Å². The molecule has 0 fully saturated rings. The van der Waals surface area contributed by atoms with Crippen molar-refractivity contribution in [3.8, 4) is 5.75 Å². The van der Waals surface area contributed by atoms with Gasteiger partial charge < -0.3 is 14.8 Å². The van der Waals surface area contributed by atoms with Gasteiger partial charge in [0.25, 0.3) is 0 Å². The number of hydrogen-bond acceptors (Lipinski definition) is 3. The summed E-state index contributed by atoms with van der Waals surface area (Å²) in [5.74, 6) is 0.891. The van der Waals surface area contributed by atoms with Gasteiger partial charge in [-0.25, -0.2) is 0 Å². The molecule has 1 unspecified atom stereocenters. The molecule has 0 aliphatic heterocycles. The maximum absolute atomic E-state index is 5.27. The zero-order chi connectivity index (χ0) is 15.5. The summed E-state index contributed by atoms with van der Waals surface area (Å²) in [6.45, 7) is 7.17. The summed E-state index contributed by atoms with van der Waals surface area (Å²) in [7, 11) is 3.43. The lowest BCUT2D eigenvalue weighted by atomic mass is 9.99. The molecule has 0 saturated heterocycles. The quantitative estimate of drug-likeness (QED) is 0.873. The number of benzene rings is 2. The molecule has 0 aliphatic carbocycles. The molecule has 0 saturated carbocycles. The Kier molecular flexibility index (Phi) is 4.86. The average Bonchev–Trinajstić information content (AvgIpc) is 2.45. The molecule has 0 heterocycles. The number of methoxy groups -OCH3 is 2. The molecule has 114 valence electrons. The number of rotatable bonds is 6. The second-order valence-electron chi connectivity index (χ2n) is 6.16. The van der Waals surface area contributed by atoms with Crippen molar-refractivity contribution in [2.45, 2.75) is 32.4 Å². The van der Waals surface area contributed by atoms with Crippen LogP contribution in [-0.2, 0) is 4.74 Å². The molecule has 1 atom stereocenters. The van der Waals surface area contributed by atoms with Gasteiger partial charge in [0, 0.05) is 18.7 Å². The SMILES string of the molecule is COCC(C)(C)NC(C)c1ccc2cc(OC)ccc2c1. The van der Waals surface area contributed by atoms with Crippen LogP contribution in [-0.4, -0.2) is 26.4 Å². The molecule has 0 spiro atoms. The minimum absolute atomic E-state index is 0.0525. The molecular weight excluding hydrogens is 262 g/mol. The minimum atomic E-state index is -0.0525. The van der Waals surface area contributed by atoms with E-state index >= 15 is 0 Å². The zero-order valence-corrected chi connectivity index (χ0v) is 13.6. The minimum Gasteiger partial charge on any atom is -0.497 e. The largest absolute Gasteiger partial charge is 0.497 e. The normalized spacial score (nSPS) is 13.4. The van der Waals surface area contributed by atoms with Crippen molar-refractivity contribution in [1.29, 1.82) is 0 Å². The van der Waals surface area contributed by atoms with E-state index < -0.39 is 0 Å². The molecule has 3 nitrogen and oxygen atoms in total. The molecular formula is C18H25NO2. The molecule has 0 bridgehead atoms. The fourth-order valence-corrected chi connectivity index (χ4v) is 2.71. The van der Waals surface area contributed by atoms with Gasteiger partial charge >= 0.3 is 0 Å². The van der Waals surface area contributed by atoms with Gasteiger partial charge in [-0.05, 0) is 55.3 Å². The van der Waals surface area contributed by atoms with Gasteiger partial charge in [-0.1, -0.05) is 18.2 Å². The van der Waals surface area contributed by atoms with Crippen LogP contribution in [0.4, 0.5) is 0 Å². The monoisotopic (exact) mass is 287 g/mol. The van der Waals surface area contributed by atoms with Crippen LogP contribution in [0.1, 0.15) is 32.4 Å². The van der Waals surface area contributed by atoms with Crippen LogP contribution < -0.4 is 10.1 Å². The number of ether oxygens (including phenoxy) is 2. The Labute approximate surface area is 127 Å². The van der Waals surface area contributed by atoms with E-state index in [1.807, 2.05) is 6.07 Å². The first-order valence-electron chi connectivity index (χ1n) is 7.29. The lowest BCUT2D eigenvalue weighted by molar-refractivity contribution is 0.122. The number of fused-ring (bicyclic) bond motifs is 1. The third-order valence-corrected chi connectivity index (χ3v) is 3.68. The molecule has 2 aromatic rings. The Bertz CT molecular complexity index is 607. The second-order valence-corrected chi connectivity index (χ2v) is 6.16. The predicted molar refractivity (Wildman–Crippen MR) is 88.0 cm³/mol. The first-order chi connectivity index (χ1) is 9.95. The Balaban J connectivity index is 2.22. The first-order valence-corrected chi connectivity index (χ1v) is 7.29. The predicted octanol–water partition coefficient (Wildman–Crippen LogP) is 3.92. The van der Waals surface area contributed by atoms with Gasteiger partial charge in [-0.2, -0.15) is 0 Å². The molecule has 2 aromatic carbocycles. The Morgan fingerprint density at radius 3 is 2.38 bits per heavy atom. The topological polar surface area (TPSA) is 30.5 Å². The molecule has 2 rings (SSSR count). The number of nitrogens with one attached hydrogen (secondary N) is 1.